The first-order valence-electron chi connectivity index (χ1n) is 6.22. The summed E-state index contributed by atoms with van der Waals surface area (Å²) in [5.74, 6) is 1.10. The lowest BCUT2D eigenvalue weighted by Crippen LogP contribution is -2.32. The molecule has 0 fully saturated rings. The fraction of sp³-hybridized carbons (Fsp3) is 0.600. The highest BCUT2D eigenvalue weighted by Gasteiger charge is 2.33. The van der Waals surface area contributed by atoms with E-state index in [1.54, 1.807) is 0 Å². The first-order chi connectivity index (χ1) is 8.34. The first kappa shape index (κ1) is 16.3. The molecule has 102 valence electrons. The monoisotopic (exact) mass is 350 g/mol. The van der Waals surface area contributed by atoms with E-state index in [0.29, 0.717) is 17.2 Å². The van der Waals surface area contributed by atoms with Crippen LogP contribution in [0.5, 0.6) is 0 Å². The van der Waals surface area contributed by atoms with Gasteiger partial charge in [-0.2, -0.15) is 0 Å². The van der Waals surface area contributed by atoms with Crippen LogP contribution in [0.25, 0.3) is 0 Å². The van der Waals surface area contributed by atoms with Crippen LogP contribution in [0, 0.1) is 5.41 Å². The van der Waals surface area contributed by atoms with Crippen LogP contribution in [-0.4, -0.2) is 11.8 Å². The molecule has 0 bridgehead atoms. The number of benzene rings is 1. The van der Waals surface area contributed by atoms with Crippen molar-refractivity contribution >= 4 is 39.1 Å². The molecular weight excluding hydrogens is 331 g/mol. The van der Waals surface area contributed by atoms with Gasteiger partial charge in [0.2, 0.25) is 0 Å². The Balaban J connectivity index is 3.04. The lowest BCUT2D eigenvalue weighted by Gasteiger charge is -2.34. The second-order valence-electron chi connectivity index (χ2n) is 6.09. The maximum Gasteiger partial charge on any atom is 0.0332 e. The van der Waals surface area contributed by atoms with Crippen molar-refractivity contribution in [3.05, 3.63) is 34.3 Å². The zero-order valence-corrected chi connectivity index (χ0v) is 14.4. The van der Waals surface area contributed by atoms with Crippen molar-refractivity contribution in [2.24, 2.45) is 5.41 Å². The molecule has 0 amide bonds. The van der Waals surface area contributed by atoms with Gasteiger partial charge in [-0.25, -0.2) is 0 Å². The van der Waals surface area contributed by atoms with Crippen molar-refractivity contribution in [3.8, 4) is 0 Å². The molecule has 0 nitrogen and oxygen atoms in total. The van der Waals surface area contributed by atoms with Crippen molar-refractivity contribution < 1.29 is 0 Å². The lowest BCUT2D eigenvalue weighted by atomic mass is 9.75. The van der Waals surface area contributed by atoms with Gasteiger partial charge in [-0.15, -0.1) is 23.2 Å². The molecule has 1 aromatic rings. The molecule has 0 saturated heterocycles. The Kier molecular flexibility index (Phi) is 6.02. The fourth-order valence-corrected chi connectivity index (χ4v) is 3.50. The van der Waals surface area contributed by atoms with Crippen molar-refractivity contribution in [2.75, 3.05) is 11.8 Å². The third-order valence-corrected chi connectivity index (χ3v) is 5.03. The molecule has 0 aliphatic carbocycles. The molecule has 1 aromatic carbocycles. The van der Waals surface area contributed by atoms with Gasteiger partial charge in [0.05, 0.1) is 0 Å². The fourth-order valence-electron chi connectivity index (χ4n) is 1.95. The van der Waals surface area contributed by atoms with Gasteiger partial charge in [-0.1, -0.05) is 54.9 Å². The molecule has 0 atom stereocenters. The normalized spacial score (nSPS) is 12.8. The SMILES string of the molecule is CC(C)(C)CCC(CCl)(CCl)c1ccccc1Br. The van der Waals surface area contributed by atoms with Crippen LogP contribution < -0.4 is 0 Å². The number of halogens is 3. The summed E-state index contributed by atoms with van der Waals surface area (Å²) in [5.41, 5.74) is 1.38. The Labute approximate surface area is 129 Å². The minimum Gasteiger partial charge on any atom is -0.126 e. The van der Waals surface area contributed by atoms with E-state index in [1.165, 1.54) is 5.56 Å². The second kappa shape index (κ2) is 6.63. The van der Waals surface area contributed by atoms with Crippen LogP contribution in [0.15, 0.2) is 28.7 Å². The standard InChI is InChI=1S/C15H21BrCl2/c1-14(2,3)8-9-15(10-17,11-18)12-6-4-5-7-13(12)16/h4-7H,8-11H2,1-3H3. The van der Waals surface area contributed by atoms with Crippen molar-refractivity contribution in [3.63, 3.8) is 0 Å². The summed E-state index contributed by atoms with van der Waals surface area (Å²) in [4.78, 5) is 0. The first-order valence-corrected chi connectivity index (χ1v) is 8.08. The van der Waals surface area contributed by atoms with Gasteiger partial charge < -0.3 is 0 Å². The van der Waals surface area contributed by atoms with Crippen LogP contribution in [0.2, 0.25) is 0 Å². The van der Waals surface area contributed by atoms with Gasteiger partial charge in [0.25, 0.3) is 0 Å². The van der Waals surface area contributed by atoms with Gasteiger partial charge in [0.15, 0.2) is 0 Å². The van der Waals surface area contributed by atoms with Gasteiger partial charge >= 0.3 is 0 Å². The maximum atomic E-state index is 6.25. The predicted octanol–water partition coefficient (Wildman–Crippen LogP) is 5.99. The van der Waals surface area contributed by atoms with Crippen LogP contribution in [0.4, 0.5) is 0 Å². The van der Waals surface area contributed by atoms with Crippen LogP contribution in [0.3, 0.4) is 0 Å². The third kappa shape index (κ3) is 4.15. The molecule has 0 aliphatic rings. The quantitative estimate of drug-likeness (QED) is 0.571. The maximum absolute atomic E-state index is 6.25. The number of hydrogen-bond donors (Lipinski definition) is 0. The van der Waals surface area contributed by atoms with E-state index in [0.717, 1.165) is 17.3 Å². The Morgan fingerprint density at radius 1 is 1.00 bits per heavy atom. The van der Waals surface area contributed by atoms with Crippen molar-refractivity contribution in [2.45, 2.75) is 39.0 Å². The molecular formula is C15H21BrCl2. The topological polar surface area (TPSA) is 0 Å². The molecule has 0 saturated carbocycles. The summed E-state index contributed by atoms with van der Waals surface area (Å²) >= 11 is 16.1. The molecule has 3 heteroatoms. The van der Waals surface area contributed by atoms with Gasteiger partial charge in [-0.3, -0.25) is 0 Å². The Morgan fingerprint density at radius 3 is 2.00 bits per heavy atom. The molecule has 0 unspecified atom stereocenters. The van der Waals surface area contributed by atoms with E-state index in [-0.39, 0.29) is 5.41 Å². The van der Waals surface area contributed by atoms with E-state index >= 15 is 0 Å². The zero-order chi connectivity index (χ0) is 13.8. The average molecular weight is 352 g/mol. The molecule has 0 aromatic heterocycles. The van der Waals surface area contributed by atoms with Gasteiger partial charge in [0.1, 0.15) is 0 Å². The Hall–Kier alpha value is 0.280. The minimum atomic E-state index is -0.142. The zero-order valence-electron chi connectivity index (χ0n) is 11.3. The summed E-state index contributed by atoms with van der Waals surface area (Å²) in [6.07, 6.45) is 2.11. The van der Waals surface area contributed by atoms with E-state index in [1.807, 2.05) is 12.1 Å². The number of alkyl halides is 2. The van der Waals surface area contributed by atoms with E-state index in [9.17, 15) is 0 Å². The van der Waals surface area contributed by atoms with Crippen LogP contribution >= 0.6 is 39.1 Å². The van der Waals surface area contributed by atoms with Crippen molar-refractivity contribution in [1.29, 1.82) is 0 Å². The van der Waals surface area contributed by atoms with Crippen LogP contribution in [-0.2, 0) is 5.41 Å². The highest BCUT2D eigenvalue weighted by molar-refractivity contribution is 9.10. The average Bonchev–Trinajstić information content (AvgIpc) is 2.31. The van der Waals surface area contributed by atoms with Gasteiger partial charge in [0, 0.05) is 21.6 Å². The third-order valence-electron chi connectivity index (χ3n) is 3.31. The highest BCUT2D eigenvalue weighted by atomic mass is 79.9. The molecule has 0 aliphatic heterocycles. The summed E-state index contributed by atoms with van der Waals surface area (Å²) in [5, 5.41) is 0. The van der Waals surface area contributed by atoms with E-state index < -0.39 is 0 Å². The summed E-state index contributed by atoms with van der Waals surface area (Å²) < 4.78 is 1.10. The second-order valence-corrected chi connectivity index (χ2v) is 7.48. The minimum absolute atomic E-state index is 0.142. The van der Waals surface area contributed by atoms with Crippen LogP contribution in [0.1, 0.15) is 39.2 Å². The van der Waals surface area contributed by atoms with Gasteiger partial charge in [-0.05, 0) is 29.9 Å². The van der Waals surface area contributed by atoms with E-state index in [2.05, 4.69) is 48.8 Å². The molecule has 1 rings (SSSR count). The number of rotatable bonds is 5. The highest BCUT2D eigenvalue weighted by Crippen LogP contribution is 2.39. The smallest absolute Gasteiger partial charge is 0.0332 e. The number of hydrogen-bond acceptors (Lipinski definition) is 0. The predicted molar refractivity (Wildman–Crippen MR) is 85.9 cm³/mol. The Morgan fingerprint density at radius 2 is 1.56 bits per heavy atom. The molecule has 0 radical (unpaired) electrons. The lowest BCUT2D eigenvalue weighted by molar-refractivity contribution is 0.318. The molecule has 0 heterocycles. The Bertz CT molecular complexity index is 378. The summed E-state index contributed by atoms with van der Waals surface area (Å²) in [7, 11) is 0. The largest absolute Gasteiger partial charge is 0.126 e. The van der Waals surface area contributed by atoms with E-state index in [4.69, 9.17) is 23.2 Å². The van der Waals surface area contributed by atoms with Crippen molar-refractivity contribution in [1.82, 2.24) is 0 Å². The molecule has 0 N–H and O–H groups in total. The molecule has 18 heavy (non-hydrogen) atoms. The summed E-state index contributed by atoms with van der Waals surface area (Å²) in [6, 6.07) is 8.24. The summed E-state index contributed by atoms with van der Waals surface area (Å²) in [6.45, 7) is 6.75. The molecule has 0 spiro atoms.